The molecule has 1 fully saturated rings. The Bertz CT molecular complexity index is 1100. The highest BCUT2D eigenvalue weighted by molar-refractivity contribution is 8.00. The highest BCUT2D eigenvalue weighted by atomic mass is 32.2. The monoisotopic (exact) mass is 564 g/mol. The van der Waals surface area contributed by atoms with Crippen molar-refractivity contribution in [1.29, 1.82) is 0 Å². The Labute approximate surface area is 222 Å². The maximum Gasteiger partial charge on any atom is 0.401 e. The van der Waals surface area contributed by atoms with Gasteiger partial charge in [-0.3, -0.25) is 14.2 Å². The average Bonchev–Trinajstić information content (AvgIpc) is 2.81. The SMILES string of the molecule is CCSNc1ccc2c(c1F)CC(C)N(CC(F)(F)F)C2c1c(F)cc(NC2CN(CCCF)C2)cc1F. The second-order valence-corrected chi connectivity index (χ2v) is 10.8. The predicted molar refractivity (Wildman–Crippen MR) is 137 cm³/mol. The van der Waals surface area contributed by atoms with Crippen LogP contribution >= 0.6 is 11.9 Å². The third kappa shape index (κ3) is 6.34. The van der Waals surface area contributed by atoms with E-state index in [1.54, 1.807) is 0 Å². The molecule has 0 spiro atoms. The average molecular weight is 565 g/mol. The molecule has 0 bridgehead atoms. The number of benzene rings is 2. The van der Waals surface area contributed by atoms with E-state index in [0.29, 0.717) is 31.8 Å². The first-order valence-corrected chi connectivity index (χ1v) is 13.6. The summed E-state index contributed by atoms with van der Waals surface area (Å²) in [6.07, 6.45) is -4.26. The molecular weight excluding hydrogens is 533 g/mol. The van der Waals surface area contributed by atoms with Gasteiger partial charge in [-0.1, -0.05) is 24.9 Å². The van der Waals surface area contributed by atoms with Crippen molar-refractivity contribution in [3.05, 3.63) is 58.4 Å². The van der Waals surface area contributed by atoms with Crippen LogP contribution in [0, 0.1) is 17.5 Å². The fraction of sp³-hybridized carbons (Fsp3) is 0.538. The molecule has 2 heterocycles. The number of alkyl halides is 4. The molecule has 2 aromatic carbocycles. The Morgan fingerprint density at radius 2 is 1.76 bits per heavy atom. The van der Waals surface area contributed by atoms with Crippen LogP contribution in [-0.2, 0) is 6.42 Å². The normalized spacial score (nSPS) is 20.8. The molecule has 0 saturated carbocycles. The molecule has 38 heavy (non-hydrogen) atoms. The quantitative estimate of drug-likeness (QED) is 0.253. The van der Waals surface area contributed by atoms with Gasteiger partial charge in [0.2, 0.25) is 0 Å². The van der Waals surface area contributed by atoms with Gasteiger partial charge in [0, 0.05) is 42.7 Å². The van der Waals surface area contributed by atoms with Crippen molar-refractivity contribution < 1.29 is 30.7 Å². The van der Waals surface area contributed by atoms with Crippen molar-refractivity contribution in [3.8, 4) is 0 Å². The lowest BCUT2D eigenvalue weighted by Gasteiger charge is -2.43. The summed E-state index contributed by atoms with van der Waals surface area (Å²) in [6.45, 7) is 3.32. The molecule has 210 valence electrons. The van der Waals surface area contributed by atoms with E-state index in [2.05, 4.69) is 10.0 Å². The molecule has 2 aliphatic heterocycles. The molecule has 4 rings (SSSR count). The van der Waals surface area contributed by atoms with Gasteiger partial charge in [0.1, 0.15) is 11.6 Å². The summed E-state index contributed by atoms with van der Waals surface area (Å²) in [5.74, 6) is -2.00. The minimum atomic E-state index is -4.63. The first kappa shape index (κ1) is 28.8. The molecule has 12 heteroatoms. The van der Waals surface area contributed by atoms with Crippen LogP contribution < -0.4 is 10.0 Å². The standard InChI is InChI=1S/C26H31F7N4S/c1-3-38-35-22-6-5-18-19(24(22)30)9-15(2)37(14-26(31,32)33)25(18)23-20(28)10-16(11-21(23)29)34-17-12-36(13-17)8-4-7-27/h5-6,10-11,15,17,25,34-35H,3-4,7-9,12-14H2,1-2H3. The minimum Gasteiger partial charge on any atom is -0.380 e. The fourth-order valence-electron chi connectivity index (χ4n) is 5.24. The molecule has 2 atom stereocenters. The molecule has 2 N–H and O–H groups in total. The van der Waals surface area contributed by atoms with E-state index in [9.17, 15) is 17.6 Å². The Hall–Kier alpha value is -2.18. The lowest BCUT2D eigenvalue weighted by atomic mass is 9.84. The third-order valence-corrected chi connectivity index (χ3v) is 7.60. The molecule has 0 aliphatic carbocycles. The number of hydrogen-bond acceptors (Lipinski definition) is 5. The minimum absolute atomic E-state index is 0.0382. The molecule has 2 aliphatic rings. The van der Waals surface area contributed by atoms with Crippen molar-refractivity contribution in [2.45, 2.75) is 51.0 Å². The number of likely N-dealkylation sites (tertiary alicyclic amines) is 1. The van der Waals surface area contributed by atoms with Crippen LogP contribution in [0.4, 0.5) is 42.1 Å². The highest BCUT2D eigenvalue weighted by Crippen LogP contribution is 2.44. The first-order chi connectivity index (χ1) is 18.0. The van der Waals surface area contributed by atoms with Crippen molar-refractivity contribution in [1.82, 2.24) is 9.80 Å². The van der Waals surface area contributed by atoms with Gasteiger partial charge in [0.05, 0.1) is 31.0 Å². The third-order valence-electron chi connectivity index (χ3n) is 6.95. The smallest absolute Gasteiger partial charge is 0.380 e. The predicted octanol–water partition coefficient (Wildman–Crippen LogP) is 6.54. The number of anilines is 2. The zero-order chi connectivity index (χ0) is 27.6. The van der Waals surface area contributed by atoms with Crippen LogP contribution in [0.5, 0.6) is 0 Å². The molecule has 0 amide bonds. The number of halogens is 7. The van der Waals surface area contributed by atoms with E-state index in [1.807, 2.05) is 11.8 Å². The largest absolute Gasteiger partial charge is 0.401 e. The Balaban J connectivity index is 1.68. The van der Waals surface area contributed by atoms with E-state index < -0.39 is 54.5 Å². The summed E-state index contributed by atoms with van der Waals surface area (Å²) in [7, 11) is 0. The summed E-state index contributed by atoms with van der Waals surface area (Å²) < 4.78 is 102. The summed E-state index contributed by atoms with van der Waals surface area (Å²) in [4.78, 5) is 2.99. The molecular formula is C26H31F7N4S. The van der Waals surface area contributed by atoms with Crippen molar-refractivity contribution in [2.24, 2.45) is 0 Å². The van der Waals surface area contributed by atoms with E-state index >= 15 is 13.2 Å². The van der Waals surface area contributed by atoms with E-state index in [0.717, 1.165) is 17.0 Å². The van der Waals surface area contributed by atoms with Gasteiger partial charge in [-0.2, -0.15) is 13.2 Å². The van der Waals surface area contributed by atoms with Gasteiger partial charge in [-0.15, -0.1) is 0 Å². The fourth-order valence-corrected chi connectivity index (χ4v) is 5.70. The number of nitrogens with zero attached hydrogens (tertiary/aromatic N) is 2. The van der Waals surface area contributed by atoms with Gasteiger partial charge in [-0.05, 0) is 49.1 Å². The van der Waals surface area contributed by atoms with Crippen LogP contribution in [0.25, 0.3) is 0 Å². The van der Waals surface area contributed by atoms with Crippen LogP contribution in [0.15, 0.2) is 24.3 Å². The molecule has 2 aromatic rings. The van der Waals surface area contributed by atoms with Gasteiger partial charge in [0.15, 0.2) is 5.82 Å². The van der Waals surface area contributed by atoms with E-state index in [-0.39, 0.29) is 35.0 Å². The highest BCUT2D eigenvalue weighted by Gasteiger charge is 2.43. The number of hydrogen-bond donors (Lipinski definition) is 2. The maximum absolute atomic E-state index is 15.5. The second kappa shape index (κ2) is 11.9. The van der Waals surface area contributed by atoms with Crippen molar-refractivity contribution in [3.63, 3.8) is 0 Å². The lowest BCUT2D eigenvalue weighted by molar-refractivity contribution is -0.155. The Morgan fingerprint density at radius 1 is 1.08 bits per heavy atom. The molecule has 4 nitrogen and oxygen atoms in total. The number of rotatable bonds is 10. The molecule has 1 saturated heterocycles. The Morgan fingerprint density at radius 3 is 2.37 bits per heavy atom. The lowest BCUT2D eigenvalue weighted by Crippen LogP contribution is -2.54. The van der Waals surface area contributed by atoms with E-state index in [1.165, 1.54) is 31.0 Å². The van der Waals surface area contributed by atoms with Crippen LogP contribution in [0.3, 0.4) is 0 Å². The number of fused-ring (bicyclic) bond motifs is 1. The second-order valence-electron chi connectivity index (χ2n) is 9.77. The van der Waals surface area contributed by atoms with Crippen LogP contribution in [0.1, 0.15) is 43.0 Å². The van der Waals surface area contributed by atoms with Crippen molar-refractivity contribution >= 4 is 23.3 Å². The zero-order valence-corrected chi connectivity index (χ0v) is 22.0. The van der Waals surface area contributed by atoms with Gasteiger partial charge in [0.25, 0.3) is 0 Å². The molecule has 0 radical (unpaired) electrons. The first-order valence-electron chi connectivity index (χ1n) is 12.6. The van der Waals surface area contributed by atoms with Crippen molar-refractivity contribution in [2.75, 3.05) is 48.6 Å². The molecule has 2 unspecified atom stereocenters. The summed E-state index contributed by atoms with van der Waals surface area (Å²) >= 11 is 1.26. The summed E-state index contributed by atoms with van der Waals surface area (Å²) in [5, 5.41) is 3.03. The number of nitrogens with one attached hydrogen (secondary N) is 2. The van der Waals surface area contributed by atoms with Gasteiger partial charge < -0.3 is 10.0 Å². The topological polar surface area (TPSA) is 30.5 Å². The Kier molecular flexibility index (Phi) is 9.03. The van der Waals surface area contributed by atoms with Gasteiger partial charge in [-0.25, -0.2) is 13.2 Å². The molecule has 0 aromatic heterocycles. The van der Waals surface area contributed by atoms with Gasteiger partial charge >= 0.3 is 6.18 Å². The summed E-state index contributed by atoms with van der Waals surface area (Å²) in [6, 6.07) is 2.59. The maximum atomic E-state index is 15.5. The van der Waals surface area contributed by atoms with Crippen LogP contribution in [0.2, 0.25) is 0 Å². The zero-order valence-electron chi connectivity index (χ0n) is 21.1. The van der Waals surface area contributed by atoms with Crippen LogP contribution in [-0.4, -0.2) is 66.7 Å². The summed E-state index contributed by atoms with van der Waals surface area (Å²) in [5.41, 5.74) is 0.0400. The van der Waals surface area contributed by atoms with E-state index in [4.69, 9.17) is 0 Å².